The average Bonchev–Trinajstić information content (AvgIpc) is 3.27. The molecule has 2 aromatic carbocycles. The van der Waals surface area contributed by atoms with Gasteiger partial charge in [0.15, 0.2) is 5.16 Å². The van der Waals surface area contributed by atoms with Crippen molar-refractivity contribution in [3.63, 3.8) is 0 Å². The van der Waals surface area contributed by atoms with Gasteiger partial charge < -0.3 is 15.1 Å². The molecule has 0 saturated carbocycles. The van der Waals surface area contributed by atoms with Crippen LogP contribution in [0.15, 0.2) is 60.0 Å². The summed E-state index contributed by atoms with van der Waals surface area (Å²) in [5.74, 6) is 0.155. The van der Waals surface area contributed by atoms with Gasteiger partial charge in [0.05, 0.1) is 22.8 Å². The molecule has 0 aliphatic carbocycles. The average molecular weight is 457 g/mol. The largest absolute Gasteiger partial charge is 0.367 e. The van der Waals surface area contributed by atoms with Gasteiger partial charge in [0.25, 0.3) is 0 Å². The van der Waals surface area contributed by atoms with Crippen molar-refractivity contribution in [2.24, 2.45) is 0 Å². The molecule has 1 aromatic heterocycles. The van der Waals surface area contributed by atoms with E-state index >= 15 is 0 Å². The molecule has 4 rings (SSSR count). The molecule has 1 fully saturated rings. The minimum atomic E-state index is -0.0784. The van der Waals surface area contributed by atoms with Crippen molar-refractivity contribution in [1.29, 1.82) is 0 Å². The molecule has 1 saturated heterocycles. The van der Waals surface area contributed by atoms with Gasteiger partial charge in [0, 0.05) is 31.2 Å². The zero-order valence-electron chi connectivity index (χ0n) is 17.4. The van der Waals surface area contributed by atoms with Crippen LogP contribution in [0.2, 0.25) is 5.02 Å². The van der Waals surface area contributed by atoms with Gasteiger partial charge in [-0.1, -0.05) is 48.5 Å². The number of aromatic nitrogens is 3. The van der Waals surface area contributed by atoms with Crippen LogP contribution >= 0.6 is 23.4 Å². The quantitative estimate of drug-likeness (QED) is 0.545. The summed E-state index contributed by atoms with van der Waals surface area (Å²) in [6, 6.07) is 15.4. The van der Waals surface area contributed by atoms with E-state index in [-0.39, 0.29) is 11.7 Å². The number of likely N-dealkylation sites (N-methyl/N-ethyl adjacent to an activating group) is 1. The summed E-state index contributed by atoms with van der Waals surface area (Å²) >= 11 is 7.44. The Bertz CT molecular complexity index is 1030. The van der Waals surface area contributed by atoms with Crippen LogP contribution in [0.3, 0.4) is 0 Å². The molecule has 2 heterocycles. The van der Waals surface area contributed by atoms with Gasteiger partial charge in [-0.3, -0.25) is 9.36 Å². The lowest BCUT2D eigenvalue weighted by Crippen LogP contribution is -2.46. The van der Waals surface area contributed by atoms with E-state index in [9.17, 15) is 4.79 Å². The monoisotopic (exact) mass is 456 g/mol. The fraction of sp³-hybridized carbons (Fsp3) is 0.318. The third-order valence-electron chi connectivity index (χ3n) is 5.27. The molecule has 1 amide bonds. The first-order valence-corrected chi connectivity index (χ1v) is 11.7. The highest BCUT2D eigenvalue weighted by molar-refractivity contribution is 7.99. The molecule has 0 bridgehead atoms. The van der Waals surface area contributed by atoms with E-state index in [4.69, 9.17) is 11.6 Å². The van der Waals surface area contributed by atoms with Crippen molar-refractivity contribution < 1.29 is 4.79 Å². The lowest BCUT2D eigenvalue weighted by atomic mass is 10.2. The van der Waals surface area contributed by atoms with Crippen LogP contribution < -0.4 is 10.2 Å². The Morgan fingerprint density at radius 2 is 1.94 bits per heavy atom. The van der Waals surface area contributed by atoms with Gasteiger partial charge in [-0.15, -0.1) is 10.2 Å². The van der Waals surface area contributed by atoms with Gasteiger partial charge in [-0.2, -0.15) is 0 Å². The second kappa shape index (κ2) is 10.2. The molecule has 9 heteroatoms. The van der Waals surface area contributed by atoms with Crippen molar-refractivity contribution in [1.82, 2.24) is 19.7 Å². The number of benzene rings is 2. The lowest BCUT2D eigenvalue weighted by molar-refractivity contribution is -0.113. The van der Waals surface area contributed by atoms with Crippen LogP contribution in [0.5, 0.6) is 0 Å². The highest BCUT2D eigenvalue weighted by Crippen LogP contribution is 2.27. The van der Waals surface area contributed by atoms with E-state index in [0.717, 1.165) is 49.8 Å². The Labute approximate surface area is 191 Å². The molecular formula is C22H25ClN6OS. The molecule has 1 aliphatic rings. The predicted molar refractivity (Wildman–Crippen MR) is 126 cm³/mol. The highest BCUT2D eigenvalue weighted by Gasteiger charge is 2.19. The number of carbonyl (C=O) groups excluding carboxylic acids is 1. The number of anilines is 2. The van der Waals surface area contributed by atoms with E-state index in [2.05, 4.69) is 38.3 Å². The third-order valence-corrected chi connectivity index (χ3v) is 6.45. The smallest absolute Gasteiger partial charge is 0.234 e. The number of nitrogens with one attached hydrogen (secondary N) is 1. The summed E-state index contributed by atoms with van der Waals surface area (Å²) < 4.78 is 1.82. The minimum absolute atomic E-state index is 0.0784. The number of hydrogen-bond donors (Lipinski definition) is 1. The number of rotatable bonds is 7. The van der Waals surface area contributed by atoms with Gasteiger partial charge in [-0.25, -0.2) is 0 Å². The molecule has 1 aliphatic heterocycles. The fourth-order valence-corrected chi connectivity index (χ4v) is 4.52. The number of piperazine rings is 1. The standard InChI is InChI=1S/C22H25ClN6OS/c1-2-27-10-12-28(13-11-27)20-9-4-3-8-19(20)25-21(30)15-31-22-26-24-16-29(22)18-7-5-6-17(23)14-18/h3-9,14,16H,2,10-13,15H2,1H3,(H,25,30). The van der Waals surface area contributed by atoms with Gasteiger partial charge in [0.2, 0.25) is 5.91 Å². The number of carbonyl (C=O) groups is 1. The van der Waals surface area contributed by atoms with Gasteiger partial charge >= 0.3 is 0 Å². The Kier molecular flexibility index (Phi) is 7.11. The number of hydrogen-bond acceptors (Lipinski definition) is 6. The van der Waals surface area contributed by atoms with Crippen LogP contribution in [0.1, 0.15) is 6.92 Å². The molecule has 1 N–H and O–H groups in total. The molecule has 3 aromatic rings. The summed E-state index contributed by atoms with van der Waals surface area (Å²) in [4.78, 5) is 17.5. The van der Waals surface area contributed by atoms with E-state index in [1.54, 1.807) is 6.33 Å². The normalized spacial score (nSPS) is 14.6. The molecule has 7 nitrogen and oxygen atoms in total. The fourth-order valence-electron chi connectivity index (χ4n) is 3.60. The summed E-state index contributed by atoms with van der Waals surface area (Å²) in [5.41, 5.74) is 2.77. The summed E-state index contributed by atoms with van der Waals surface area (Å²) in [6.45, 7) is 7.25. The van der Waals surface area contributed by atoms with Crippen LogP contribution in [-0.2, 0) is 4.79 Å². The van der Waals surface area contributed by atoms with E-state index in [0.29, 0.717) is 10.2 Å². The predicted octanol–water partition coefficient (Wildman–Crippen LogP) is 3.79. The maximum atomic E-state index is 12.7. The molecule has 0 unspecified atom stereocenters. The number of halogens is 1. The zero-order chi connectivity index (χ0) is 21.6. The molecule has 31 heavy (non-hydrogen) atoms. The topological polar surface area (TPSA) is 66.3 Å². The first-order valence-electron chi connectivity index (χ1n) is 10.3. The molecule has 0 spiro atoms. The Morgan fingerprint density at radius 1 is 1.13 bits per heavy atom. The second-order valence-electron chi connectivity index (χ2n) is 7.24. The van der Waals surface area contributed by atoms with E-state index in [1.807, 2.05) is 47.0 Å². The molecule has 0 radical (unpaired) electrons. The summed E-state index contributed by atoms with van der Waals surface area (Å²) in [5, 5.41) is 12.5. The third kappa shape index (κ3) is 5.39. The minimum Gasteiger partial charge on any atom is -0.367 e. The van der Waals surface area contributed by atoms with Crippen LogP contribution in [0, 0.1) is 0 Å². The zero-order valence-corrected chi connectivity index (χ0v) is 18.9. The first-order chi connectivity index (χ1) is 15.1. The van der Waals surface area contributed by atoms with Crippen LogP contribution in [0.4, 0.5) is 11.4 Å². The maximum Gasteiger partial charge on any atom is 0.234 e. The SMILES string of the molecule is CCN1CCN(c2ccccc2NC(=O)CSc2nncn2-c2cccc(Cl)c2)CC1. The number of thioether (sulfide) groups is 1. The Morgan fingerprint density at radius 3 is 2.71 bits per heavy atom. The maximum absolute atomic E-state index is 12.7. The van der Waals surface area contributed by atoms with Crippen molar-refractivity contribution in [2.75, 3.05) is 48.7 Å². The van der Waals surface area contributed by atoms with Crippen molar-refractivity contribution in [2.45, 2.75) is 12.1 Å². The second-order valence-corrected chi connectivity index (χ2v) is 8.62. The number of para-hydroxylation sites is 2. The Hall–Kier alpha value is -2.55. The molecule has 162 valence electrons. The highest BCUT2D eigenvalue weighted by atomic mass is 35.5. The van der Waals surface area contributed by atoms with Crippen LogP contribution in [0.25, 0.3) is 5.69 Å². The Balaban J connectivity index is 1.39. The van der Waals surface area contributed by atoms with Crippen molar-refractivity contribution in [3.8, 4) is 5.69 Å². The van der Waals surface area contributed by atoms with Gasteiger partial charge in [0.1, 0.15) is 6.33 Å². The summed E-state index contributed by atoms with van der Waals surface area (Å²) in [7, 11) is 0. The first kappa shape index (κ1) is 21.7. The van der Waals surface area contributed by atoms with Crippen molar-refractivity contribution in [3.05, 3.63) is 59.9 Å². The van der Waals surface area contributed by atoms with E-state index < -0.39 is 0 Å². The molecular weight excluding hydrogens is 432 g/mol. The lowest BCUT2D eigenvalue weighted by Gasteiger charge is -2.36. The summed E-state index contributed by atoms with van der Waals surface area (Å²) in [6.07, 6.45) is 1.62. The van der Waals surface area contributed by atoms with Crippen molar-refractivity contribution >= 4 is 40.6 Å². The number of amides is 1. The van der Waals surface area contributed by atoms with Gasteiger partial charge in [-0.05, 0) is 36.9 Å². The van der Waals surface area contributed by atoms with Crippen LogP contribution in [-0.4, -0.2) is 64.0 Å². The molecule has 0 atom stereocenters. The number of nitrogens with zero attached hydrogens (tertiary/aromatic N) is 5. The van der Waals surface area contributed by atoms with E-state index in [1.165, 1.54) is 11.8 Å².